The van der Waals surface area contributed by atoms with Crippen LogP contribution >= 0.6 is 0 Å². The van der Waals surface area contributed by atoms with E-state index < -0.39 is 29.2 Å². The zero-order valence-electron chi connectivity index (χ0n) is 16.6. The zero-order chi connectivity index (χ0) is 21.8. The first-order chi connectivity index (χ1) is 14.0. The predicted molar refractivity (Wildman–Crippen MR) is 104 cm³/mol. The van der Waals surface area contributed by atoms with Crippen molar-refractivity contribution in [2.45, 2.75) is 36.6 Å². The van der Waals surface area contributed by atoms with Gasteiger partial charge in [0.05, 0.1) is 17.1 Å². The van der Waals surface area contributed by atoms with E-state index in [0.29, 0.717) is 19.0 Å². The zero-order valence-corrected chi connectivity index (χ0v) is 16.6. The number of hydrogen-bond donors (Lipinski definition) is 2. The van der Waals surface area contributed by atoms with Gasteiger partial charge in [-0.1, -0.05) is 6.07 Å². The number of alkyl halides is 3. The molecule has 2 heterocycles. The van der Waals surface area contributed by atoms with E-state index in [2.05, 4.69) is 9.88 Å². The largest absolute Gasteiger partial charge is 0.508 e. The summed E-state index contributed by atoms with van der Waals surface area (Å²) in [4.78, 5) is 20.5. The number of rotatable bonds is 2. The number of benzene rings is 1. The van der Waals surface area contributed by atoms with E-state index in [-0.39, 0.29) is 17.5 Å². The Morgan fingerprint density at radius 3 is 2.70 bits per heavy atom. The molecule has 2 aromatic rings. The molecule has 9 heteroatoms. The van der Waals surface area contributed by atoms with Crippen molar-refractivity contribution in [3.05, 3.63) is 58.9 Å². The van der Waals surface area contributed by atoms with Crippen molar-refractivity contribution in [2.75, 3.05) is 20.6 Å². The van der Waals surface area contributed by atoms with Crippen LogP contribution in [0.1, 0.15) is 33.6 Å². The third-order valence-corrected chi connectivity index (χ3v) is 6.41. The highest BCUT2D eigenvalue weighted by Gasteiger charge is 2.53. The highest BCUT2D eigenvalue weighted by atomic mass is 19.4. The maximum atomic E-state index is 13.1. The number of aromatic hydroxyl groups is 1. The predicted octanol–water partition coefficient (Wildman–Crippen LogP) is 2.36. The van der Waals surface area contributed by atoms with Crippen molar-refractivity contribution in [3.63, 3.8) is 0 Å². The van der Waals surface area contributed by atoms with Crippen LogP contribution in [0.3, 0.4) is 0 Å². The van der Waals surface area contributed by atoms with Gasteiger partial charge in [0.2, 0.25) is 0 Å². The van der Waals surface area contributed by atoms with Gasteiger partial charge in [0, 0.05) is 25.8 Å². The summed E-state index contributed by atoms with van der Waals surface area (Å²) in [5, 5.41) is 10.0. The maximum absolute atomic E-state index is 13.1. The molecule has 160 valence electrons. The molecule has 1 aliphatic carbocycles. The lowest BCUT2D eigenvalue weighted by Crippen LogP contribution is -2.71. The average molecular weight is 420 g/mol. The van der Waals surface area contributed by atoms with Crippen LogP contribution in [0.2, 0.25) is 0 Å². The number of nitrogens with zero attached hydrogens (tertiary/aromatic N) is 3. The third-order valence-electron chi connectivity index (χ3n) is 6.41. The number of likely N-dealkylation sites (N-methyl/N-ethyl adjacent to an activating group) is 2. The minimum atomic E-state index is -4.52. The summed E-state index contributed by atoms with van der Waals surface area (Å²) in [5.41, 5.74) is 6.84. The Hall–Kier alpha value is -2.65. The third kappa shape index (κ3) is 3.22. The molecule has 3 atom stereocenters. The summed E-state index contributed by atoms with van der Waals surface area (Å²) >= 11 is 0. The number of likely N-dealkylation sites (tertiary alicyclic amines) is 1. The molecule has 1 saturated heterocycles. The second-order valence-corrected chi connectivity index (χ2v) is 8.17. The first kappa shape index (κ1) is 20.6. The Morgan fingerprint density at radius 2 is 2.07 bits per heavy atom. The Balaban J connectivity index is 1.70. The summed E-state index contributed by atoms with van der Waals surface area (Å²) in [6, 6.07) is 6.58. The molecule has 0 radical (unpaired) electrons. The molecule has 4 rings (SSSR count). The normalized spacial score (nSPS) is 26.2. The fraction of sp³-hybridized carbons (Fsp3) is 0.429. The van der Waals surface area contributed by atoms with Crippen LogP contribution in [0.4, 0.5) is 13.2 Å². The Kier molecular flexibility index (Phi) is 4.78. The van der Waals surface area contributed by atoms with Crippen molar-refractivity contribution in [1.82, 2.24) is 14.8 Å². The molecular weight excluding hydrogens is 397 g/mol. The number of nitrogens with two attached hydrogens (primary N) is 1. The van der Waals surface area contributed by atoms with Gasteiger partial charge in [-0.05, 0) is 55.3 Å². The number of phenolic OH excluding ortho intramolecular Hbond substituents is 1. The van der Waals surface area contributed by atoms with E-state index >= 15 is 0 Å². The monoisotopic (exact) mass is 420 g/mol. The van der Waals surface area contributed by atoms with Crippen LogP contribution in [0.25, 0.3) is 0 Å². The fourth-order valence-electron chi connectivity index (χ4n) is 4.82. The maximum Gasteiger partial charge on any atom is 0.417 e. The van der Waals surface area contributed by atoms with Crippen molar-refractivity contribution >= 4 is 5.91 Å². The van der Waals surface area contributed by atoms with E-state index in [0.717, 1.165) is 29.8 Å². The van der Waals surface area contributed by atoms with Crippen LogP contribution in [0.15, 0.2) is 36.5 Å². The van der Waals surface area contributed by atoms with E-state index in [1.54, 1.807) is 19.2 Å². The molecule has 1 aromatic heterocycles. The summed E-state index contributed by atoms with van der Waals surface area (Å²) in [5.74, 6) is -0.388. The van der Waals surface area contributed by atoms with Gasteiger partial charge in [-0.3, -0.25) is 9.78 Å². The van der Waals surface area contributed by atoms with Gasteiger partial charge in [0.1, 0.15) is 11.4 Å². The van der Waals surface area contributed by atoms with Crippen molar-refractivity contribution in [3.8, 4) is 5.75 Å². The molecule has 1 aromatic carbocycles. The average Bonchev–Trinajstić information content (AvgIpc) is 2.70. The molecule has 6 nitrogen and oxygen atoms in total. The summed E-state index contributed by atoms with van der Waals surface area (Å²) in [7, 11) is 3.57. The van der Waals surface area contributed by atoms with Crippen LogP contribution < -0.4 is 5.73 Å². The molecule has 2 aliphatic rings. The second kappa shape index (κ2) is 6.95. The Labute approximate surface area is 172 Å². The summed E-state index contributed by atoms with van der Waals surface area (Å²) in [6.45, 7) is 0.729. The lowest BCUT2D eigenvalue weighted by Gasteiger charge is -2.56. The van der Waals surface area contributed by atoms with Gasteiger partial charge in [0.15, 0.2) is 0 Å². The minimum Gasteiger partial charge on any atom is -0.508 e. The SMILES string of the molecule is CN1CC[C@@]2(N)c3cc(O)ccc3C[C@@H]1[C@H]2N(C)C(=O)c1ccc(C(F)(F)F)cn1. The van der Waals surface area contributed by atoms with Crippen molar-refractivity contribution in [1.29, 1.82) is 0 Å². The first-order valence-corrected chi connectivity index (χ1v) is 9.64. The van der Waals surface area contributed by atoms with Crippen LogP contribution in [-0.4, -0.2) is 58.5 Å². The number of carbonyl (C=O) groups excluding carboxylic acids is 1. The number of halogens is 3. The molecule has 3 N–H and O–H groups in total. The molecule has 0 unspecified atom stereocenters. The van der Waals surface area contributed by atoms with Crippen molar-refractivity contribution < 1.29 is 23.1 Å². The van der Waals surface area contributed by atoms with E-state index in [4.69, 9.17) is 5.73 Å². The smallest absolute Gasteiger partial charge is 0.417 e. The van der Waals surface area contributed by atoms with Crippen LogP contribution in [-0.2, 0) is 18.1 Å². The van der Waals surface area contributed by atoms with E-state index in [1.807, 2.05) is 13.1 Å². The Bertz CT molecular complexity index is 979. The van der Waals surface area contributed by atoms with Crippen LogP contribution in [0.5, 0.6) is 5.75 Å². The van der Waals surface area contributed by atoms with E-state index in [9.17, 15) is 23.1 Å². The molecule has 1 fully saturated rings. The second-order valence-electron chi connectivity index (χ2n) is 8.17. The van der Waals surface area contributed by atoms with Crippen LogP contribution in [0, 0.1) is 0 Å². The van der Waals surface area contributed by atoms with Gasteiger partial charge in [-0.25, -0.2) is 0 Å². The quantitative estimate of drug-likeness (QED) is 0.780. The number of phenols is 1. The molecule has 30 heavy (non-hydrogen) atoms. The molecular formula is C21H23F3N4O2. The number of piperidine rings is 1. The van der Waals surface area contributed by atoms with Gasteiger partial charge in [-0.15, -0.1) is 0 Å². The summed E-state index contributed by atoms with van der Waals surface area (Å²) < 4.78 is 38.4. The fourth-order valence-corrected chi connectivity index (χ4v) is 4.82. The Morgan fingerprint density at radius 1 is 1.33 bits per heavy atom. The number of pyridine rings is 1. The van der Waals surface area contributed by atoms with Gasteiger partial charge < -0.3 is 20.6 Å². The number of hydrogen-bond acceptors (Lipinski definition) is 5. The molecule has 1 aliphatic heterocycles. The highest BCUT2D eigenvalue weighted by molar-refractivity contribution is 5.92. The van der Waals surface area contributed by atoms with Gasteiger partial charge in [0.25, 0.3) is 5.91 Å². The number of fused-ring (bicyclic) bond motifs is 4. The topological polar surface area (TPSA) is 82.7 Å². The lowest BCUT2D eigenvalue weighted by atomic mass is 9.66. The lowest BCUT2D eigenvalue weighted by molar-refractivity contribution is -0.137. The first-order valence-electron chi connectivity index (χ1n) is 9.64. The standard InChI is InChI=1S/C21H23F3N4O2/c1-27-8-7-20(25)15-10-14(29)5-3-12(15)9-17(27)18(20)28(2)19(30)16-6-4-13(11-26-16)21(22,23)24/h3-6,10-11,17-18,29H,7-9,25H2,1-2H3/t17-,18-,20-/m1/s1. The number of carbonyl (C=O) groups is 1. The number of amides is 1. The molecule has 2 bridgehead atoms. The minimum absolute atomic E-state index is 0.0656. The molecule has 0 spiro atoms. The van der Waals surface area contributed by atoms with Crippen molar-refractivity contribution in [2.24, 2.45) is 5.73 Å². The highest BCUT2D eigenvalue weighted by Crippen LogP contribution is 2.44. The molecule has 0 saturated carbocycles. The molecule has 1 amide bonds. The summed E-state index contributed by atoms with van der Waals surface area (Å²) in [6.07, 6.45) is -2.63. The van der Waals surface area contributed by atoms with E-state index in [1.165, 1.54) is 4.90 Å². The van der Waals surface area contributed by atoms with Gasteiger partial charge >= 0.3 is 6.18 Å². The number of aromatic nitrogens is 1. The van der Waals surface area contributed by atoms with Gasteiger partial charge in [-0.2, -0.15) is 13.2 Å².